The van der Waals surface area contributed by atoms with E-state index in [4.69, 9.17) is 4.74 Å². The minimum atomic E-state index is -3.52. The highest BCUT2D eigenvalue weighted by molar-refractivity contribution is 7.92. The molecule has 2 aromatic heterocycles. The van der Waals surface area contributed by atoms with Crippen LogP contribution in [0.15, 0.2) is 36.7 Å². The predicted octanol–water partition coefficient (Wildman–Crippen LogP) is 3.32. The largest absolute Gasteiger partial charge is 0.480 e. The summed E-state index contributed by atoms with van der Waals surface area (Å²) < 4.78 is 31.4. The van der Waals surface area contributed by atoms with Crippen LogP contribution in [0.5, 0.6) is 5.88 Å². The van der Waals surface area contributed by atoms with E-state index in [2.05, 4.69) is 51.5 Å². The number of nitriles is 1. The van der Waals surface area contributed by atoms with E-state index in [1.807, 2.05) is 18.2 Å². The molecule has 1 aliphatic rings. The fraction of sp³-hybridized carbons (Fsp3) is 0.400. The highest BCUT2D eigenvalue weighted by atomic mass is 32.2. The minimum Gasteiger partial charge on any atom is -0.480 e. The van der Waals surface area contributed by atoms with Crippen molar-refractivity contribution in [3.05, 3.63) is 42.2 Å². The number of piperazine rings is 1. The summed E-state index contributed by atoms with van der Waals surface area (Å²) >= 11 is 0. The Bertz CT molecular complexity index is 1400. The van der Waals surface area contributed by atoms with E-state index in [0.717, 1.165) is 48.0 Å². The molecule has 0 bridgehead atoms. The van der Waals surface area contributed by atoms with Crippen LogP contribution in [-0.4, -0.2) is 69.4 Å². The van der Waals surface area contributed by atoms with Gasteiger partial charge >= 0.3 is 0 Å². The third-order valence-electron chi connectivity index (χ3n) is 6.42. The molecular formula is C25H30N6O3S. The molecule has 1 fully saturated rings. The number of aromatic nitrogens is 2. The van der Waals surface area contributed by atoms with Gasteiger partial charge in [0.1, 0.15) is 11.8 Å². The third-order valence-corrected chi connectivity index (χ3v) is 7.01. The minimum absolute atomic E-state index is 0.186. The Labute approximate surface area is 206 Å². The Kier molecular flexibility index (Phi) is 6.83. The average Bonchev–Trinajstić information content (AvgIpc) is 2.82. The van der Waals surface area contributed by atoms with Gasteiger partial charge in [-0.2, -0.15) is 5.26 Å². The SMILES string of the molecule is COc1ncc(-c2ccc3ncc(C#N)c(N4CCN(C)C(C(C)C)C4)c3c2)cc1NS(C)(=O)=O. The van der Waals surface area contributed by atoms with E-state index in [0.29, 0.717) is 23.1 Å². The first-order valence-electron chi connectivity index (χ1n) is 11.4. The third kappa shape index (κ3) is 5.16. The summed E-state index contributed by atoms with van der Waals surface area (Å²) in [6.45, 7) is 6.97. The lowest BCUT2D eigenvalue weighted by atomic mass is 9.97. The molecule has 1 saturated heterocycles. The molecule has 184 valence electrons. The Balaban J connectivity index is 1.84. The van der Waals surface area contributed by atoms with Gasteiger partial charge < -0.3 is 9.64 Å². The molecule has 1 unspecified atom stereocenters. The van der Waals surface area contributed by atoms with Crippen molar-refractivity contribution >= 4 is 32.3 Å². The van der Waals surface area contributed by atoms with Crippen molar-refractivity contribution in [2.24, 2.45) is 5.92 Å². The van der Waals surface area contributed by atoms with Crippen LogP contribution in [0.3, 0.4) is 0 Å². The number of hydrogen-bond acceptors (Lipinski definition) is 8. The summed E-state index contributed by atoms with van der Waals surface area (Å²) in [5.74, 6) is 0.661. The Morgan fingerprint density at radius 1 is 1.17 bits per heavy atom. The van der Waals surface area contributed by atoms with Gasteiger partial charge in [0.15, 0.2) is 0 Å². The molecule has 10 heteroatoms. The molecule has 3 aromatic rings. The van der Waals surface area contributed by atoms with E-state index >= 15 is 0 Å². The fourth-order valence-corrected chi connectivity index (χ4v) is 5.20. The van der Waals surface area contributed by atoms with Crippen LogP contribution in [0.2, 0.25) is 0 Å². The van der Waals surface area contributed by atoms with Crippen LogP contribution in [0.25, 0.3) is 22.0 Å². The zero-order chi connectivity index (χ0) is 25.3. The summed E-state index contributed by atoms with van der Waals surface area (Å²) in [7, 11) is 0.0682. The molecule has 35 heavy (non-hydrogen) atoms. The summed E-state index contributed by atoms with van der Waals surface area (Å²) in [5, 5.41) is 10.8. The highest BCUT2D eigenvalue weighted by Crippen LogP contribution is 2.36. The number of pyridine rings is 2. The molecule has 1 aliphatic heterocycles. The number of benzene rings is 1. The molecule has 0 amide bonds. The lowest BCUT2D eigenvalue weighted by Gasteiger charge is -2.43. The maximum absolute atomic E-state index is 11.8. The van der Waals surface area contributed by atoms with E-state index in [-0.39, 0.29) is 11.6 Å². The number of rotatable bonds is 6. The Hall–Kier alpha value is -3.42. The number of sulfonamides is 1. The van der Waals surface area contributed by atoms with Gasteiger partial charge in [-0.3, -0.25) is 14.6 Å². The molecule has 1 aromatic carbocycles. The van der Waals surface area contributed by atoms with Gasteiger partial charge in [-0.05, 0) is 36.7 Å². The second-order valence-corrected chi connectivity index (χ2v) is 11.0. The quantitative estimate of drug-likeness (QED) is 0.556. The molecular weight excluding hydrogens is 464 g/mol. The van der Waals surface area contributed by atoms with Gasteiger partial charge in [0, 0.05) is 49.0 Å². The second-order valence-electron chi connectivity index (χ2n) is 9.26. The van der Waals surface area contributed by atoms with Crippen LogP contribution in [0.4, 0.5) is 11.4 Å². The maximum Gasteiger partial charge on any atom is 0.238 e. The van der Waals surface area contributed by atoms with E-state index in [1.165, 1.54) is 7.11 Å². The number of fused-ring (bicyclic) bond motifs is 1. The molecule has 0 saturated carbocycles. The van der Waals surface area contributed by atoms with Crippen LogP contribution in [0.1, 0.15) is 19.4 Å². The lowest BCUT2D eigenvalue weighted by molar-refractivity contribution is 0.173. The Morgan fingerprint density at radius 2 is 1.94 bits per heavy atom. The first-order chi connectivity index (χ1) is 16.6. The van der Waals surface area contributed by atoms with Crippen molar-refractivity contribution in [2.75, 3.05) is 49.7 Å². The van der Waals surface area contributed by atoms with E-state index in [1.54, 1.807) is 18.5 Å². The standard InChI is InChI=1S/C25H30N6O3S/c1-16(2)23-15-31(9-8-30(23)3)24-19(12-26)14-27-21-7-6-17(10-20(21)24)18-11-22(29-35(5,32)33)25(34-4)28-13-18/h6-7,10-11,13-14,16,23,29H,8-9,15H2,1-5H3. The molecule has 1 atom stereocenters. The molecule has 4 rings (SSSR count). The number of ether oxygens (including phenoxy) is 1. The van der Waals surface area contributed by atoms with Crippen molar-refractivity contribution in [1.82, 2.24) is 14.9 Å². The smallest absolute Gasteiger partial charge is 0.238 e. The van der Waals surface area contributed by atoms with E-state index in [9.17, 15) is 13.7 Å². The second kappa shape index (κ2) is 9.68. The topological polar surface area (TPSA) is 111 Å². The van der Waals surface area contributed by atoms with Crippen LogP contribution < -0.4 is 14.4 Å². The number of hydrogen-bond donors (Lipinski definition) is 1. The molecule has 1 N–H and O–H groups in total. The number of likely N-dealkylation sites (N-methyl/N-ethyl adjacent to an activating group) is 1. The molecule has 3 heterocycles. The van der Waals surface area contributed by atoms with Gasteiger partial charge in [-0.25, -0.2) is 13.4 Å². The predicted molar refractivity (Wildman–Crippen MR) is 138 cm³/mol. The summed E-state index contributed by atoms with van der Waals surface area (Å²) in [4.78, 5) is 13.5. The van der Waals surface area contributed by atoms with Crippen molar-refractivity contribution in [1.29, 1.82) is 5.26 Å². The van der Waals surface area contributed by atoms with Crippen molar-refractivity contribution in [3.8, 4) is 23.1 Å². The summed E-state index contributed by atoms with van der Waals surface area (Å²) in [5.41, 5.74) is 4.01. The van der Waals surface area contributed by atoms with Gasteiger partial charge in [0.25, 0.3) is 0 Å². The summed E-state index contributed by atoms with van der Waals surface area (Å²) in [6, 6.07) is 10.2. The number of nitrogens with one attached hydrogen (secondary N) is 1. The van der Waals surface area contributed by atoms with Crippen LogP contribution in [-0.2, 0) is 10.0 Å². The first kappa shape index (κ1) is 24.7. The van der Waals surface area contributed by atoms with Crippen molar-refractivity contribution in [3.63, 3.8) is 0 Å². The van der Waals surface area contributed by atoms with Crippen LogP contribution in [0, 0.1) is 17.2 Å². The van der Waals surface area contributed by atoms with Crippen molar-refractivity contribution in [2.45, 2.75) is 19.9 Å². The van der Waals surface area contributed by atoms with Crippen molar-refractivity contribution < 1.29 is 13.2 Å². The number of methoxy groups -OCH3 is 1. The molecule has 0 spiro atoms. The number of anilines is 2. The first-order valence-corrected chi connectivity index (χ1v) is 13.3. The van der Waals surface area contributed by atoms with E-state index < -0.39 is 10.0 Å². The number of nitrogens with zero attached hydrogens (tertiary/aromatic N) is 5. The monoisotopic (exact) mass is 494 g/mol. The maximum atomic E-state index is 11.8. The Morgan fingerprint density at radius 3 is 2.60 bits per heavy atom. The average molecular weight is 495 g/mol. The van der Waals surface area contributed by atoms with Gasteiger partial charge in [-0.15, -0.1) is 0 Å². The fourth-order valence-electron chi connectivity index (χ4n) is 4.65. The zero-order valence-electron chi connectivity index (χ0n) is 20.6. The van der Waals surface area contributed by atoms with Gasteiger partial charge in [0.2, 0.25) is 15.9 Å². The van der Waals surface area contributed by atoms with Gasteiger partial charge in [0.05, 0.1) is 30.1 Å². The molecule has 0 aliphatic carbocycles. The highest BCUT2D eigenvalue weighted by Gasteiger charge is 2.29. The zero-order valence-corrected chi connectivity index (χ0v) is 21.4. The molecule has 9 nitrogen and oxygen atoms in total. The van der Waals surface area contributed by atoms with Gasteiger partial charge in [-0.1, -0.05) is 19.9 Å². The molecule has 0 radical (unpaired) electrons. The summed E-state index contributed by atoms with van der Waals surface area (Å²) in [6.07, 6.45) is 4.36. The lowest BCUT2D eigenvalue weighted by Crippen LogP contribution is -2.53. The normalized spacial score (nSPS) is 16.9. The van der Waals surface area contributed by atoms with Crippen LogP contribution >= 0.6 is 0 Å².